The first-order chi connectivity index (χ1) is 7.31. The van der Waals surface area contributed by atoms with E-state index in [0.29, 0.717) is 6.54 Å². The Morgan fingerprint density at radius 2 is 2.40 bits per heavy atom. The van der Waals surface area contributed by atoms with E-state index in [0.717, 1.165) is 23.3 Å². The van der Waals surface area contributed by atoms with Gasteiger partial charge in [0, 0.05) is 12.1 Å². The maximum atomic E-state index is 11.4. The highest BCUT2D eigenvalue weighted by molar-refractivity contribution is 5.96. The molecule has 0 unspecified atom stereocenters. The van der Waals surface area contributed by atoms with Crippen molar-refractivity contribution >= 4 is 5.91 Å². The fourth-order valence-electron chi connectivity index (χ4n) is 1.62. The molecular weight excluding hydrogens is 190 g/mol. The monoisotopic (exact) mass is 201 g/mol. The van der Waals surface area contributed by atoms with Crippen LogP contribution in [0.3, 0.4) is 0 Å². The molecule has 0 radical (unpaired) electrons. The van der Waals surface area contributed by atoms with Gasteiger partial charge in [0.05, 0.1) is 0 Å². The molecule has 0 aromatic heterocycles. The third-order valence-electron chi connectivity index (χ3n) is 2.32. The number of amides is 1. The van der Waals surface area contributed by atoms with E-state index in [1.807, 2.05) is 6.07 Å². The van der Waals surface area contributed by atoms with Gasteiger partial charge in [-0.25, -0.2) is 0 Å². The number of ether oxygens (including phenoxy) is 1. The number of benzene rings is 1. The van der Waals surface area contributed by atoms with E-state index in [2.05, 4.69) is 11.2 Å². The Labute approximate surface area is 88.4 Å². The van der Waals surface area contributed by atoms with E-state index in [9.17, 15) is 4.79 Å². The summed E-state index contributed by atoms with van der Waals surface area (Å²) in [5.41, 5.74) is 1.75. The van der Waals surface area contributed by atoms with E-state index < -0.39 is 0 Å². The Bertz CT molecular complexity index is 432. The van der Waals surface area contributed by atoms with E-state index in [1.54, 1.807) is 12.1 Å². The Balaban J connectivity index is 2.26. The van der Waals surface area contributed by atoms with E-state index in [-0.39, 0.29) is 12.5 Å². The van der Waals surface area contributed by atoms with E-state index in [4.69, 9.17) is 11.2 Å². The SMILES string of the molecule is C#CCOc1ccc2c(c1)CCNC2=O. The smallest absolute Gasteiger partial charge is 0.251 e. The number of nitrogens with one attached hydrogen (secondary N) is 1. The fourth-order valence-corrected chi connectivity index (χ4v) is 1.62. The largest absolute Gasteiger partial charge is 0.481 e. The molecule has 76 valence electrons. The minimum Gasteiger partial charge on any atom is -0.481 e. The molecule has 3 heteroatoms. The number of hydrogen-bond acceptors (Lipinski definition) is 2. The second kappa shape index (κ2) is 4.05. The molecule has 1 aliphatic heterocycles. The lowest BCUT2D eigenvalue weighted by atomic mass is 10.0. The van der Waals surface area contributed by atoms with Crippen molar-refractivity contribution in [3.8, 4) is 18.1 Å². The lowest BCUT2D eigenvalue weighted by Gasteiger charge is -2.16. The van der Waals surface area contributed by atoms with Crippen LogP contribution in [0, 0.1) is 12.3 Å². The Kier molecular flexibility index (Phi) is 2.59. The predicted molar refractivity (Wildman–Crippen MR) is 56.8 cm³/mol. The van der Waals surface area contributed by atoms with Crippen LogP contribution in [0.4, 0.5) is 0 Å². The average molecular weight is 201 g/mol. The van der Waals surface area contributed by atoms with Gasteiger partial charge in [0.15, 0.2) is 0 Å². The van der Waals surface area contributed by atoms with Crippen LogP contribution in [0.2, 0.25) is 0 Å². The highest BCUT2D eigenvalue weighted by atomic mass is 16.5. The molecule has 1 aromatic rings. The maximum Gasteiger partial charge on any atom is 0.251 e. The molecule has 0 aliphatic carbocycles. The van der Waals surface area contributed by atoms with Crippen LogP contribution in [0.25, 0.3) is 0 Å². The van der Waals surface area contributed by atoms with Crippen LogP contribution in [0.5, 0.6) is 5.75 Å². The molecule has 0 atom stereocenters. The molecule has 1 heterocycles. The van der Waals surface area contributed by atoms with Gasteiger partial charge in [0.25, 0.3) is 5.91 Å². The van der Waals surface area contributed by atoms with Crippen molar-refractivity contribution in [1.82, 2.24) is 5.32 Å². The summed E-state index contributed by atoms with van der Waals surface area (Å²) in [6, 6.07) is 5.42. The molecular formula is C12H11NO2. The number of carbonyl (C=O) groups excluding carboxylic acids is 1. The number of fused-ring (bicyclic) bond motifs is 1. The highest BCUT2D eigenvalue weighted by Gasteiger charge is 2.16. The second-order valence-electron chi connectivity index (χ2n) is 3.32. The highest BCUT2D eigenvalue weighted by Crippen LogP contribution is 2.20. The van der Waals surface area contributed by atoms with Gasteiger partial charge in [-0.05, 0) is 30.2 Å². The molecule has 1 aliphatic rings. The summed E-state index contributed by atoms with van der Waals surface area (Å²) >= 11 is 0. The molecule has 1 N–H and O–H groups in total. The molecule has 1 amide bonds. The summed E-state index contributed by atoms with van der Waals surface area (Å²) in [5, 5.41) is 2.79. The van der Waals surface area contributed by atoms with Crippen LogP contribution in [-0.2, 0) is 6.42 Å². The van der Waals surface area contributed by atoms with Crippen molar-refractivity contribution in [2.24, 2.45) is 0 Å². The van der Waals surface area contributed by atoms with Crippen molar-refractivity contribution < 1.29 is 9.53 Å². The summed E-state index contributed by atoms with van der Waals surface area (Å²) in [4.78, 5) is 11.4. The van der Waals surface area contributed by atoms with Crippen molar-refractivity contribution in [1.29, 1.82) is 0 Å². The number of hydrogen-bond donors (Lipinski definition) is 1. The summed E-state index contributed by atoms with van der Waals surface area (Å²) in [6.07, 6.45) is 5.94. The van der Waals surface area contributed by atoms with E-state index >= 15 is 0 Å². The number of carbonyl (C=O) groups is 1. The van der Waals surface area contributed by atoms with Crippen molar-refractivity contribution in [3.05, 3.63) is 29.3 Å². The van der Waals surface area contributed by atoms with Crippen LogP contribution in [0.1, 0.15) is 15.9 Å². The summed E-state index contributed by atoms with van der Waals surface area (Å²) < 4.78 is 5.29. The normalized spacial score (nSPS) is 13.7. The summed E-state index contributed by atoms with van der Waals surface area (Å²) in [6.45, 7) is 0.940. The molecule has 0 saturated carbocycles. The van der Waals surface area contributed by atoms with Crippen molar-refractivity contribution in [3.63, 3.8) is 0 Å². The Hall–Kier alpha value is -1.95. The molecule has 0 saturated heterocycles. The minimum absolute atomic E-state index is 0.0141. The van der Waals surface area contributed by atoms with Gasteiger partial charge in [-0.3, -0.25) is 4.79 Å². The standard InChI is InChI=1S/C12H11NO2/c1-2-7-15-10-3-4-11-9(8-10)5-6-13-12(11)14/h1,3-4,8H,5-7H2,(H,13,14). The first kappa shape index (κ1) is 9.60. The lowest BCUT2D eigenvalue weighted by molar-refractivity contribution is 0.0946. The Morgan fingerprint density at radius 1 is 1.53 bits per heavy atom. The third kappa shape index (κ3) is 1.94. The zero-order valence-corrected chi connectivity index (χ0v) is 8.25. The first-order valence-electron chi connectivity index (χ1n) is 4.78. The molecule has 0 fully saturated rings. The van der Waals surface area contributed by atoms with Gasteiger partial charge >= 0.3 is 0 Å². The quantitative estimate of drug-likeness (QED) is 0.724. The third-order valence-corrected chi connectivity index (χ3v) is 2.32. The molecule has 0 bridgehead atoms. The van der Waals surface area contributed by atoms with Gasteiger partial charge in [-0.2, -0.15) is 0 Å². The van der Waals surface area contributed by atoms with E-state index in [1.165, 1.54) is 0 Å². The summed E-state index contributed by atoms with van der Waals surface area (Å²) in [5.74, 6) is 3.11. The van der Waals surface area contributed by atoms with Crippen LogP contribution in [0.15, 0.2) is 18.2 Å². The lowest BCUT2D eigenvalue weighted by Crippen LogP contribution is -2.31. The number of terminal acetylenes is 1. The van der Waals surface area contributed by atoms with Crippen LogP contribution >= 0.6 is 0 Å². The van der Waals surface area contributed by atoms with Gasteiger partial charge in [0.1, 0.15) is 12.4 Å². The molecule has 1 aromatic carbocycles. The topological polar surface area (TPSA) is 38.3 Å². The fraction of sp³-hybridized carbons (Fsp3) is 0.250. The maximum absolute atomic E-state index is 11.4. The predicted octanol–water partition coefficient (Wildman–Crippen LogP) is 0.984. The Morgan fingerprint density at radius 3 is 3.20 bits per heavy atom. The van der Waals surface area contributed by atoms with Crippen molar-refractivity contribution in [2.45, 2.75) is 6.42 Å². The first-order valence-corrected chi connectivity index (χ1v) is 4.78. The van der Waals surface area contributed by atoms with Gasteiger partial charge in [-0.1, -0.05) is 5.92 Å². The molecule has 15 heavy (non-hydrogen) atoms. The molecule has 0 spiro atoms. The van der Waals surface area contributed by atoms with Crippen LogP contribution in [-0.4, -0.2) is 19.1 Å². The van der Waals surface area contributed by atoms with Crippen molar-refractivity contribution in [2.75, 3.05) is 13.2 Å². The average Bonchev–Trinajstić information content (AvgIpc) is 2.26. The van der Waals surface area contributed by atoms with Crippen LogP contribution < -0.4 is 10.1 Å². The minimum atomic E-state index is -0.0141. The second-order valence-corrected chi connectivity index (χ2v) is 3.32. The summed E-state index contributed by atoms with van der Waals surface area (Å²) in [7, 11) is 0. The van der Waals surface area contributed by atoms with Gasteiger partial charge in [0.2, 0.25) is 0 Å². The molecule has 2 rings (SSSR count). The van der Waals surface area contributed by atoms with Gasteiger partial charge < -0.3 is 10.1 Å². The zero-order chi connectivity index (χ0) is 10.7. The zero-order valence-electron chi connectivity index (χ0n) is 8.25. The van der Waals surface area contributed by atoms with Gasteiger partial charge in [-0.15, -0.1) is 6.42 Å². The molecule has 3 nitrogen and oxygen atoms in total. The number of rotatable bonds is 2.